The monoisotopic (exact) mass is 205 g/mol. The molecule has 82 valence electrons. The van der Waals surface area contributed by atoms with Gasteiger partial charge in [-0.15, -0.1) is 0 Å². The average molecular weight is 205 g/mol. The molecule has 2 heteroatoms. The fourth-order valence-corrected chi connectivity index (χ4v) is 2.19. The van der Waals surface area contributed by atoms with E-state index in [1.807, 2.05) is 0 Å². The van der Waals surface area contributed by atoms with Crippen molar-refractivity contribution in [2.75, 3.05) is 0 Å². The van der Waals surface area contributed by atoms with E-state index in [2.05, 4.69) is 31.4 Å². The summed E-state index contributed by atoms with van der Waals surface area (Å²) in [6.45, 7) is 6.50. The van der Waals surface area contributed by atoms with Crippen LogP contribution < -0.4 is 0 Å². The number of aromatic nitrogens is 1. The number of rotatable bonds is 4. The highest BCUT2D eigenvalue weighted by molar-refractivity contribution is 5.77. The average Bonchev–Trinajstić information content (AvgIpc) is 3.02. The number of carbonyl (C=O) groups excluding carboxylic acids is 1. The van der Waals surface area contributed by atoms with E-state index in [9.17, 15) is 4.79 Å². The fraction of sp³-hybridized carbons (Fsp3) is 0.615. The number of aldehydes is 1. The Balaban J connectivity index is 2.46. The maximum Gasteiger partial charge on any atom is 0.151 e. The van der Waals surface area contributed by atoms with Crippen LogP contribution in [-0.2, 0) is 0 Å². The summed E-state index contributed by atoms with van der Waals surface area (Å²) in [5.41, 5.74) is 3.37. The Labute approximate surface area is 91.3 Å². The van der Waals surface area contributed by atoms with Crippen LogP contribution in [0.25, 0.3) is 0 Å². The van der Waals surface area contributed by atoms with Crippen LogP contribution in [-0.4, -0.2) is 10.9 Å². The summed E-state index contributed by atoms with van der Waals surface area (Å²) in [7, 11) is 0. The molecule has 2 nitrogen and oxygen atoms in total. The van der Waals surface area contributed by atoms with Crippen molar-refractivity contribution < 1.29 is 4.79 Å². The van der Waals surface area contributed by atoms with Crippen LogP contribution in [0, 0.1) is 6.92 Å². The molecule has 1 heterocycles. The van der Waals surface area contributed by atoms with Crippen LogP contribution in [0.4, 0.5) is 0 Å². The van der Waals surface area contributed by atoms with Gasteiger partial charge in [-0.25, -0.2) is 0 Å². The molecule has 0 spiro atoms. The van der Waals surface area contributed by atoms with Gasteiger partial charge in [0, 0.05) is 23.0 Å². The van der Waals surface area contributed by atoms with Crippen molar-refractivity contribution in [3.05, 3.63) is 23.0 Å². The van der Waals surface area contributed by atoms with Gasteiger partial charge in [0.1, 0.15) is 0 Å². The minimum Gasteiger partial charge on any atom is -0.345 e. The van der Waals surface area contributed by atoms with Gasteiger partial charge in [-0.2, -0.15) is 0 Å². The van der Waals surface area contributed by atoms with E-state index in [1.54, 1.807) is 0 Å². The van der Waals surface area contributed by atoms with Crippen LogP contribution >= 0.6 is 0 Å². The molecule has 2 rings (SSSR count). The van der Waals surface area contributed by atoms with Crippen molar-refractivity contribution in [2.45, 2.75) is 52.0 Å². The van der Waals surface area contributed by atoms with Crippen molar-refractivity contribution >= 4 is 6.29 Å². The fourth-order valence-electron chi connectivity index (χ4n) is 2.19. The highest BCUT2D eigenvalue weighted by atomic mass is 16.1. The van der Waals surface area contributed by atoms with E-state index in [-0.39, 0.29) is 0 Å². The summed E-state index contributed by atoms with van der Waals surface area (Å²) < 4.78 is 2.39. The standard InChI is InChI=1S/C13H19NO/c1-4-9(2)13-7-11(8-15)10(3)14(13)12-5-6-12/h7-9,12H,4-6H2,1-3H3. The Morgan fingerprint density at radius 3 is 2.73 bits per heavy atom. The summed E-state index contributed by atoms with van der Waals surface area (Å²) in [5.74, 6) is 0.554. The van der Waals surface area contributed by atoms with E-state index in [0.717, 1.165) is 24.0 Å². The number of hydrogen-bond acceptors (Lipinski definition) is 1. The van der Waals surface area contributed by atoms with Gasteiger partial charge < -0.3 is 4.57 Å². The zero-order valence-corrected chi connectivity index (χ0v) is 9.79. The van der Waals surface area contributed by atoms with Crippen molar-refractivity contribution in [3.8, 4) is 0 Å². The minimum absolute atomic E-state index is 0.554. The largest absolute Gasteiger partial charge is 0.345 e. The molecular formula is C13H19NO. The van der Waals surface area contributed by atoms with Gasteiger partial charge in [-0.1, -0.05) is 13.8 Å². The van der Waals surface area contributed by atoms with E-state index in [0.29, 0.717) is 12.0 Å². The molecule has 0 N–H and O–H groups in total. The second-order valence-corrected chi connectivity index (χ2v) is 4.64. The number of carbonyl (C=O) groups is 1. The van der Waals surface area contributed by atoms with Crippen molar-refractivity contribution in [1.82, 2.24) is 4.57 Å². The molecule has 0 saturated heterocycles. The summed E-state index contributed by atoms with van der Waals surface area (Å²) in [4.78, 5) is 10.9. The van der Waals surface area contributed by atoms with Crippen molar-refractivity contribution in [1.29, 1.82) is 0 Å². The topological polar surface area (TPSA) is 22.0 Å². The second-order valence-electron chi connectivity index (χ2n) is 4.64. The van der Waals surface area contributed by atoms with Gasteiger partial charge in [-0.05, 0) is 38.2 Å². The zero-order valence-electron chi connectivity index (χ0n) is 9.79. The first kappa shape index (κ1) is 10.5. The van der Waals surface area contributed by atoms with Gasteiger partial charge in [0.2, 0.25) is 0 Å². The van der Waals surface area contributed by atoms with Crippen molar-refractivity contribution in [2.24, 2.45) is 0 Å². The predicted molar refractivity (Wildman–Crippen MR) is 61.5 cm³/mol. The van der Waals surface area contributed by atoms with Crippen LogP contribution in [0.1, 0.15) is 66.8 Å². The summed E-state index contributed by atoms with van der Waals surface area (Å²) in [5, 5.41) is 0. The van der Waals surface area contributed by atoms with Crippen LogP contribution in [0.5, 0.6) is 0 Å². The summed E-state index contributed by atoms with van der Waals surface area (Å²) >= 11 is 0. The lowest BCUT2D eigenvalue weighted by Crippen LogP contribution is -2.05. The number of hydrogen-bond donors (Lipinski definition) is 0. The molecule has 1 fully saturated rings. The van der Waals surface area contributed by atoms with E-state index in [4.69, 9.17) is 0 Å². The molecule has 1 aromatic rings. The lowest BCUT2D eigenvalue weighted by Gasteiger charge is -2.14. The maximum atomic E-state index is 10.9. The van der Waals surface area contributed by atoms with Gasteiger partial charge >= 0.3 is 0 Å². The van der Waals surface area contributed by atoms with Crippen LogP contribution in [0.2, 0.25) is 0 Å². The molecule has 1 unspecified atom stereocenters. The Morgan fingerprint density at radius 2 is 2.27 bits per heavy atom. The predicted octanol–water partition coefficient (Wildman–Crippen LogP) is 3.46. The third-order valence-corrected chi connectivity index (χ3v) is 3.52. The second kappa shape index (κ2) is 3.84. The molecule has 1 atom stereocenters. The molecule has 1 aliphatic rings. The molecule has 15 heavy (non-hydrogen) atoms. The summed E-state index contributed by atoms with van der Waals surface area (Å²) in [6.07, 6.45) is 4.67. The molecule has 0 aromatic carbocycles. The molecule has 0 aliphatic heterocycles. The molecule has 0 bridgehead atoms. The third kappa shape index (κ3) is 1.73. The molecule has 0 radical (unpaired) electrons. The SMILES string of the molecule is CCC(C)c1cc(C=O)c(C)n1C1CC1. The Hall–Kier alpha value is -1.05. The van der Waals surface area contributed by atoms with Crippen LogP contribution in [0.15, 0.2) is 6.07 Å². The molecule has 1 aliphatic carbocycles. The Morgan fingerprint density at radius 1 is 1.60 bits per heavy atom. The smallest absolute Gasteiger partial charge is 0.151 e. The zero-order chi connectivity index (χ0) is 11.0. The van der Waals surface area contributed by atoms with Crippen molar-refractivity contribution in [3.63, 3.8) is 0 Å². The quantitative estimate of drug-likeness (QED) is 0.690. The first-order valence-electron chi connectivity index (χ1n) is 5.86. The Kier molecular flexibility index (Phi) is 2.68. The lowest BCUT2D eigenvalue weighted by atomic mass is 10.0. The highest BCUT2D eigenvalue weighted by Gasteiger charge is 2.29. The molecular weight excluding hydrogens is 186 g/mol. The van der Waals surface area contributed by atoms with E-state index >= 15 is 0 Å². The van der Waals surface area contributed by atoms with Gasteiger partial charge in [0.15, 0.2) is 6.29 Å². The van der Waals surface area contributed by atoms with Gasteiger partial charge in [0.05, 0.1) is 0 Å². The first-order chi connectivity index (χ1) is 7.19. The number of nitrogens with zero attached hydrogens (tertiary/aromatic N) is 1. The van der Waals surface area contributed by atoms with E-state index in [1.165, 1.54) is 18.5 Å². The first-order valence-corrected chi connectivity index (χ1v) is 5.86. The van der Waals surface area contributed by atoms with Gasteiger partial charge in [0.25, 0.3) is 0 Å². The van der Waals surface area contributed by atoms with Gasteiger partial charge in [-0.3, -0.25) is 4.79 Å². The Bertz CT molecular complexity index is 374. The van der Waals surface area contributed by atoms with E-state index < -0.39 is 0 Å². The normalized spacial score (nSPS) is 17.8. The minimum atomic E-state index is 0.554. The molecule has 1 aromatic heterocycles. The maximum absolute atomic E-state index is 10.9. The van der Waals surface area contributed by atoms with Crippen LogP contribution in [0.3, 0.4) is 0 Å². The lowest BCUT2D eigenvalue weighted by molar-refractivity contribution is 0.112. The molecule has 0 amide bonds. The highest BCUT2D eigenvalue weighted by Crippen LogP contribution is 2.40. The molecule has 1 saturated carbocycles. The third-order valence-electron chi connectivity index (χ3n) is 3.52. The summed E-state index contributed by atoms with van der Waals surface area (Å²) in [6, 6.07) is 2.75.